The summed E-state index contributed by atoms with van der Waals surface area (Å²) in [4.78, 5) is 26.8. The van der Waals surface area contributed by atoms with Crippen LogP contribution in [0.4, 0.5) is 0 Å². The van der Waals surface area contributed by atoms with E-state index in [2.05, 4.69) is 25.5 Å². The van der Waals surface area contributed by atoms with E-state index in [1.165, 1.54) is 6.20 Å². The van der Waals surface area contributed by atoms with Gasteiger partial charge in [0, 0.05) is 12.4 Å². The van der Waals surface area contributed by atoms with Crippen LogP contribution < -0.4 is 11.0 Å². The lowest BCUT2D eigenvalue weighted by molar-refractivity contribution is 0.0946. The van der Waals surface area contributed by atoms with Gasteiger partial charge >= 0.3 is 5.69 Å². The quantitative estimate of drug-likeness (QED) is 0.537. The molecule has 0 aliphatic rings. The van der Waals surface area contributed by atoms with Gasteiger partial charge in [0.25, 0.3) is 5.91 Å². The second kappa shape index (κ2) is 3.82. The van der Waals surface area contributed by atoms with Crippen LogP contribution in [0.3, 0.4) is 0 Å². The van der Waals surface area contributed by atoms with Crippen LogP contribution in [-0.2, 0) is 6.54 Å². The second-order valence-electron chi connectivity index (χ2n) is 2.92. The number of carbonyl (C=O) groups excluding carboxylic acids is 1. The number of amides is 1. The van der Waals surface area contributed by atoms with Crippen molar-refractivity contribution in [2.24, 2.45) is 0 Å². The number of imidazole rings is 1. The van der Waals surface area contributed by atoms with E-state index in [-0.39, 0.29) is 11.6 Å². The summed E-state index contributed by atoms with van der Waals surface area (Å²) in [5, 5.41) is 9.06. The number of nitrogens with zero attached hydrogens (tertiary/aromatic N) is 1. The fraction of sp³-hybridized carbons (Fsp3) is 0.125. The molecule has 2 aromatic rings. The smallest absolute Gasteiger partial charge is 0.323 e. The Kier molecular flexibility index (Phi) is 2.36. The summed E-state index contributed by atoms with van der Waals surface area (Å²) >= 11 is 0. The predicted octanol–water partition coefficient (Wildman–Crippen LogP) is -0.644. The topological polar surface area (TPSA) is 106 Å². The Labute approximate surface area is 83.9 Å². The number of rotatable bonds is 3. The van der Waals surface area contributed by atoms with Crippen molar-refractivity contribution in [3.63, 3.8) is 0 Å². The molecule has 0 bridgehead atoms. The van der Waals surface area contributed by atoms with E-state index < -0.39 is 5.69 Å². The average molecular weight is 207 g/mol. The van der Waals surface area contributed by atoms with Crippen molar-refractivity contribution < 1.29 is 4.79 Å². The minimum atomic E-state index is -0.401. The van der Waals surface area contributed by atoms with Gasteiger partial charge in [-0.25, -0.2) is 4.79 Å². The van der Waals surface area contributed by atoms with Gasteiger partial charge in [-0.15, -0.1) is 0 Å². The number of H-pyrrole nitrogens is 3. The molecule has 0 fully saturated rings. The third kappa shape index (κ3) is 2.13. The zero-order valence-electron chi connectivity index (χ0n) is 7.70. The van der Waals surface area contributed by atoms with E-state index in [0.717, 1.165) is 5.69 Å². The molecular weight excluding hydrogens is 198 g/mol. The summed E-state index contributed by atoms with van der Waals surface area (Å²) in [7, 11) is 0. The van der Waals surface area contributed by atoms with E-state index in [1.54, 1.807) is 12.3 Å². The molecule has 1 amide bonds. The maximum atomic E-state index is 11.4. The van der Waals surface area contributed by atoms with Crippen LogP contribution >= 0.6 is 0 Å². The Morgan fingerprint density at radius 1 is 1.53 bits per heavy atom. The molecule has 2 heterocycles. The summed E-state index contributed by atoms with van der Waals surface area (Å²) in [6, 6.07) is 1.75. The number of carbonyl (C=O) groups is 1. The maximum Gasteiger partial charge on any atom is 0.323 e. The lowest BCUT2D eigenvalue weighted by Gasteiger charge is -1.99. The van der Waals surface area contributed by atoms with Gasteiger partial charge < -0.3 is 15.3 Å². The third-order valence-corrected chi connectivity index (χ3v) is 1.84. The van der Waals surface area contributed by atoms with Gasteiger partial charge in [0.2, 0.25) is 0 Å². The van der Waals surface area contributed by atoms with Crippen LogP contribution in [0.25, 0.3) is 0 Å². The Morgan fingerprint density at radius 3 is 3.00 bits per heavy atom. The molecule has 0 saturated carbocycles. The maximum absolute atomic E-state index is 11.4. The van der Waals surface area contributed by atoms with Gasteiger partial charge in [0.15, 0.2) is 0 Å². The van der Waals surface area contributed by atoms with Gasteiger partial charge in [-0.3, -0.25) is 9.89 Å². The van der Waals surface area contributed by atoms with Gasteiger partial charge in [-0.05, 0) is 6.07 Å². The average Bonchev–Trinajstić information content (AvgIpc) is 2.84. The standard InChI is InChI=1S/C8H9N5O2/c14-7(6-4-10-8(15)12-6)9-3-5-1-2-11-13-5/h1-2,4H,3H2,(H,9,14)(H,11,13)(H2,10,12,15). The number of aromatic nitrogens is 4. The Bertz CT molecular complexity index is 495. The molecule has 15 heavy (non-hydrogen) atoms. The predicted molar refractivity (Wildman–Crippen MR) is 51.2 cm³/mol. The molecule has 0 spiro atoms. The van der Waals surface area contributed by atoms with Gasteiger partial charge in [-0.2, -0.15) is 5.10 Å². The molecule has 0 atom stereocenters. The molecule has 2 rings (SSSR count). The van der Waals surface area contributed by atoms with Crippen molar-refractivity contribution >= 4 is 5.91 Å². The lowest BCUT2D eigenvalue weighted by Crippen LogP contribution is -2.23. The van der Waals surface area contributed by atoms with Crippen molar-refractivity contribution in [2.75, 3.05) is 0 Å². The van der Waals surface area contributed by atoms with E-state index in [0.29, 0.717) is 6.54 Å². The number of aromatic amines is 3. The molecule has 0 unspecified atom stereocenters. The molecule has 4 N–H and O–H groups in total. The first-order valence-corrected chi connectivity index (χ1v) is 4.30. The summed E-state index contributed by atoms with van der Waals surface area (Å²) in [5.74, 6) is -0.344. The van der Waals surface area contributed by atoms with E-state index in [1.807, 2.05) is 0 Å². The summed E-state index contributed by atoms with van der Waals surface area (Å²) in [5.41, 5.74) is 0.599. The fourth-order valence-corrected chi connectivity index (χ4v) is 1.11. The Morgan fingerprint density at radius 2 is 2.40 bits per heavy atom. The second-order valence-corrected chi connectivity index (χ2v) is 2.92. The van der Waals surface area contributed by atoms with Crippen LogP contribution in [0, 0.1) is 0 Å². The highest BCUT2D eigenvalue weighted by Gasteiger charge is 2.07. The highest BCUT2D eigenvalue weighted by Crippen LogP contribution is 1.92. The Hall–Kier alpha value is -2.31. The van der Waals surface area contributed by atoms with Crippen LogP contribution in [0.15, 0.2) is 23.3 Å². The first-order chi connectivity index (χ1) is 7.25. The van der Waals surface area contributed by atoms with Gasteiger partial charge in [0.1, 0.15) is 5.69 Å². The normalized spacial score (nSPS) is 10.1. The minimum Gasteiger partial charge on any atom is -0.345 e. The van der Waals surface area contributed by atoms with Crippen molar-refractivity contribution in [3.05, 3.63) is 40.3 Å². The molecule has 0 saturated heterocycles. The highest BCUT2D eigenvalue weighted by atomic mass is 16.2. The SMILES string of the molecule is O=C(NCc1ccn[nH]1)c1c[nH]c(=O)[nH]1. The zero-order valence-corrected chi connectivity index (χ0v) is 7.70. The number of hydrogen-bond acceptors (Lipinski definition) is 3. The number of nitrogens with one attached hydrogen (secondary N) is 4. The van der Waals surface area contributed by atoms with Crippen LogP contribution in [0.1, 0.15) is 16.2 Å². The van der Waals surface area contributed by atoms with Crippen molar-refractivity contribution in [2.45, 2.75) is 6.54 Å². The summed E-state index contributed by atoms with van der Waals surface area (Å²) in [6.45, 7) is 0.339. The van der Waals surface area contributed by atoms with Crippen molar-refractivity contribution in [3.8, 4) is 0 Å². The molecule has 2 aromatic heterocycles. The minimum absolute atomic E-state index is 0.208. The van der Waals surface area contributed by atoms with Gasteiger partial charge in [0.05, 0.1) is 12.2 Å². The summed E-state index contributed by atoms with van der Waals surface area (Å²) < 4.78 is 0. The van der Waals surface area contributed by atoms with E-state index >= 15 is 0 Å². The lowest BCUT2D eigenvalue weighted by atomic mass is 10.4. The Balaban J connectivity index is 1.96. The fourth-order valence-electron chi connectivity index (χ4n) is 1.11. The first-order valence-electron chi connectivity index (χ1n) is 4.30. The molecule has 0 aliphatic carbocycles. The molecule has 78 valence electrons. The van der Waals surface area contributed by atoms with E-state index in [4.69, 9.17) is 0 Å². The van der Waals surface area contributed by atoms with Crippen LogP contribution in [0.2, 0.25) is 0 Å². The zero-order chi connectivity index (χ0) is 10.7. The van der Waals surface area contributed by atoms with Gasteiger partial charge in [-0.1, -0.05) is 0 Å². The van der Waals surface area contributed by atoms with E-state index in [9.17, 15) is 9.59 Å². The van der Waals surface area contributed by atoms with Crippen LogP contribution in [-0.4, -0.2) is 26.1 Å². The molecular formula is C8H9N5O2. The largest absolute Gasteiger partial charge is 0.345 e. The molecule has 0 radical (unpaired) electrons. The first kappa shape index (κ1) is 9.25. The van der Waals surface area contributed by atoms with Crippen LogP contribution in [0.5, 0.6) is 0 Å². The molecule has 7 heteroatoms. The molecule has 7 nitrogen and oxygen atoms in total. The van der Waals surface area contributed by atoms with Crippen molar-refractivity contribution in [1.29, 1.82) is 0 Å². The summed E-state index contributed by atoms with van der Waals surface area (Å²) in [6.07, 6.45) is 2.92. The molecule has 0 aliphatic heterocycles. The molecule has 0 aromatic carbocycles. The third-order valence-electron chi connectivity index (χ3n) is 1.84. The highest BCUT2D eigenvalue weighted by molar-refractivity contribution is 5.91. The van der Waals surface area contributed by atoms with Crippen molar-refractivity contribution in [1.82, 2.24) is 25.5 Å². The number of hydrogen-bond donors (Lipinski definition) is 4. The monoisotopic (exact) mass is 207 g/mol.